The molecule has 138 valence electrons. The van der Waals surface area contributed by atoms with E-state index in [2.05, 4.69) is 5.32 Å². The number of benzene rings is 1. The Morgan fingerprint density at radius 1 is 1.20 bits per heavy atom. The van der Waals surface area contributed by atoms with Crippen molar-refractivity contribution in [2.45, 2.75) is 36.7 Å². The van der Waals surface area contributed by atoms with Crippen molar-refractivity contribution in [3.05, 3.63) is 35.9 Å². The number of ether oxygens (including phenoxy) is 1. The molecule has 1 aromatic rings. The molecule has 2 heterocycles. The van der Waals surface area contributed by atoms with Crippen molar-refractivity contribution in [3.63, 3.8) is 0 Å². The van der Waals surface area contributed by atoms with Crippen LogP contribution >= 0.6 is 0 Å². The zero-order valence-electron chi connectivity index (χ0n) is 14.8. The van der Waals surface area contributed by atoms with E-state index in [0.29, 0.717) is 39.0 Å². The molecule has 2 unspecified atom stereocenters. The molecule has 1 aromatic carbocycles. The Bertz CT molecular complexity index is 714. The summed E-state index contributed by atoms with van der Waals surface area (Å²) in [6, 6.07) is 9.76. The Kier molecular flexibility index (Phi) is 5.18. The second kappa shape index (κ2) is 7.05. The van der Waals surface area contributed by atoms with Crippen molar-refractivity contribution >= 4 is 15.7 Å². The molecule has 2 atom stereocenters. The van der Waals surface area contributed by atoms with Gasteiger partial charge in [0.1, 0.15) is 6.10 Å². The standard InChI is InChI=1S/C18H26N2O4S/c1-14-12-20(13-16(24-14)15-6-4-3-5-7-15)17(21)18(25(2,22)23)8-10-19-11-9-18/h3-7,14,16,19H,8-13H2,1-2H3. The normalized spacial score (nSPS) is 27.0. The molecule has 0 spiro atoms. The van der Waals surface area contributed by atoms with E-state index in [0.717, 1.165) is 5.56 Å². The molecule has 0 saturated carbocycles. The van der Waals surface area contributed by atoms with Gasteiger partial charge in [-0.05, 0) is 38.4 Å². The molecule has 0 aliphatic carbocycles. The van der Waals surface area contributed by atoms with Crippen LogP contribution in [0.5, 0.6) is 0 Å². The van der Waals surface area contributed by atoms with Crippen molar-refractivity contribution in [2.75, 3.05) is 32.4 Å². The quantitative estimate of drug-likeness (QED) is 0.868. The van der Waals surface area contributed by atoms with Gasteiger partial charge in [-0.25, -0.2) is 8.42 Å². The van der Waals surface area contributed by atoms with Gasteiger partial charge in [0.2, 0.25) is 5.91 Å². The zero-order valence-corrected chi connectivity index (χ0v) is 15.6. The Morgan fingerprint density at radius 3 is 2.44 bits per heavy atom. The Labute approximate surface area is 149 Å². The average molecular weight is 366 g/mol. The summed E-state index contributed by atoms with van der Waals surface area (Å²) >= 11 is 0. The highest BCUT2D eigenvalue weighted by atomic mass is 32.2. The van der Waals surface area contributed by atoms with E-state index in [1.54, 1.807) is 4.90 Å². The maximum atomic E-state index is 13.3. The number of hydrogen-bond donors (Lipinski definition) is 1. The molecule has 25 heavy (non-hydrogen) atoms. The van der Waals surface area contributed by atoms with Crippen LogP contribution in [0.15, 0.2) is 30.3 Å². The largest absolute Gasteiger partial charge is 0.367 e. The molecular formula is C18H26N2O4S. The number of sulfone groups is 1. The van der Waals surface area contributed by atoms with Gasteiger partial charge in [0.05, 0.1) is 12.6 Å². The van der Waals surface area contributed by atoms with Gasteiger partial charge >= 0.3 is 0 Å². The molecule has 6 nitrogen and oxygen atoms in total. The second-order valence-electron chi connectivity index (χ2n) is 7.07. The number of nitrogens with zero attached hydrogens (tertiary/aromatic N) is 1. The van der Waals surface area contributed by atoms with Crippen molar-refractivity contribution in [2.24, 2.45) is 0 Å². The number of amides is 1. The van der Waals surface area contributed by atoms with E-state index in [-0.39, 0.29) is 18.1 Å². The lowest BCUT2D eigenvalue weighted by atomic mass is 9.94. The first-order valence-electron chi connectivity index (χ1n) is 8.73. The van der Waals surface area contributed by atoms with Crippen LogP contribution in [0, 0.1) is 0 Å². The molecule has 1 amide bonds. The SMILES string of the molecule is CC1CN(C(=O)C2(S(C)(=O)=O)CCNCC2)CC(c2ccccc2)O1. The number of rotatable bonds is 3. The molecule has 7 heteroatoms. The zero-order chi connectivity index (χ0) is 18.1. The van der Waals surface area contributed by atoms with Crippen LogP contribution < -0.4 is 5.32 Å². The minimum absolute atomic E-state index is 0.138. The van der Waals surface area contributed by atoms with Crippen LogP contribution in [0.25, 0.3) is 0 Å². The second-order valence-corrected chi connectivity index (χ2v) is 9.40. The van der Waals surface area contributed by atoms with Gasteiger partial charge < -0.3 is 15.0 Å². The summed E-state index contributed by atoms with van der Waals surface area (Å²) < 4.78 is 29.7. The summed E-state index contributed by atoms with van der Waals surface area (Å²) in [5.74, 6) is -0.271. The van der Waals surface area contributed by atoms with Crippen molar-refractivity contribution in [1.82, 2.24) is 10.2 Å². The van der Waals surface area contributed by atoms with Crippen LogP contribution in [0.2, 0.25) is 0 Å². The van der Waals surface area contributed by atoms with E-state index in [4.69, 9.17) is 4.74 Å². The maximum Gasteiger partial charge on any atom is 0.244 e. The number of carbonyl (C=O) groups is 1. The third kappa shape index (κ3) is 3.59. The lowest BCUT2D eigenvalue weighted by molar-refractivity contribution is -0.148. The highest BCUT2D eigenvalue weighted by Gasteiger charge is 2.51. The van der Waals surface area contributed by atoms with Crippen molar-refractivity contribution < 1.29 is 17.9 Å². The minimum Gasteiger partial charge on any atom is -0.367 e. The van der Waals surface area contributed by atoms with Gasteiger partial charge in [-0.2, -0.15) is 0 Å². The molecule has 2 fully saturated rings. The van der Waals surface area contributed by atoms with Gasteiger partial charge in [-0.3, -0.25) is 4.79 Å². The van der Waals surface area contributed by atoms with Gasteiger partial charge in [-0.1, -0.05) is 30.3 Å². The summed E-state index contributed by atoms with van der Waals surface area (Å²) in [5.41, 5.74) is 1.01. The number of hydrogen-bond acceptors (Lipinski definition) is 5. The fraction of sp³-hybridized carbons (Fsp3) is 0.611. The Morgan fingerprint density at radius 2 is 1.84 bits per heavy atom. The first-order chi connectivity index (χ1) is 11.8. The van der Waals surface area contributed by atoms with Crippen molar-refractivity contribution in [1.29, 1.82) is 0 Å². The molecule has 2 aliphatic heterocycles. The maximum absolute atomic E-state index is 13.3. The predicted molar refractivity (Wildman–Crippen MR) is 96.0 cm³/mol. The first-order valence-corrected chi connectivity index (χ1v) is 10.6. The van der Waals surface area contributed by atoms with E-state index in [1.165, 1.54) is 6.26 Å². The first kappa shape index (κ1) is 18.4. The molecule has 0 aromatic heterocycles. The smallest absolute Gasteiger partial charge is 0.244 e. The summed E-state index contributed by atoms with van der Waals surface area (Å²) in [7, 11) is -3.51. The summed E-state index contributed by atoms with van der Waals surface area (Å²) in [6.45, 7) is 3.82. The van der Waals surface area contributed by atoms with Crippen LogP contribution in [-0.2, 0) is 19.4 Å². The van der Waals surface area contributed by atoms with Gasteiger partial charge in [0.25, 0.3) is 0 Å². The fourth-order valence-electron chi connectivity index (χ4n) is 3.83. The van der Waals surface area contributed by atoms with Crippen LogP contribution in [0.3, 0.4) is 0 Å². The predicted octanol–water partition coefficient (Wildman–Crippen LogP) is 1.14. The lowest BCUT2D eigenvalue weighted by Crippen LogP contribution is -2.60. The third-order valence-electron chi connectivity index (χ3n) is 5.23. The average Bonchev–Trinajstić information content (AvgIpc) is 2.61. The highest BCUT2D eigenvalue weighted by Crippen LogP contribution is 2.33. The van der Waals surface area contributed by atoms with E-state index in [9.17, 15) is 13.2 Å². The van der Waals surface area contributed by atoms with Gasteiger partial charge in [0, 0.05) is 12.8 Å². The molecule has 2 saturated heterocycles. The number of nitrogens with one attached hydrogen (secondary N) is 1. The van der Waals surface area contributed by atoms with Crippen LogP contribution in [0.1, 0.15) is 31.4 Å². The molecule has 0 bridgehead atoms. The van der Waals surface area contributed by atoms with Gasteiger partial charge in [-0.15, -0.1) is 0 Å². The fourth-order valence-corrected chi connectivity index (χ4v) is 5.22. The van der Waals surface area contributed by atoms with Gasteiger partial charge in [0.15, 0.2) is 14.6 Å². The molecule has 3 rings (SSSR count). The van der Waals surface area contributed by atoms with Crippen molar-refractivity contribution in [3.8, 4) is 0 Å². The molecular weight excluding hydrogens is 340 g/mol. The summed E-state index contributed by atoms with van der Waals surface area (Å²) in [6.07, 6.45) is 1.47. The van der Waals surface area contributed by atoms with E-state index >= 15 is 0 Å². The number of piperidine rings is 1. The van der Waals surface area contributed by atoms with Crippen LogP contribution in [0.4, 0.5) is 0 Å². The van der Waals surface area contributed by atoms with E-state index in [1.807, 2.05) is 37.3 Å². The Balaban J connectivity index is 1.87. The molecule has 0 radical (unpaired) electrons. The number of carbonyl (C=O) groups excluding carboxylic acids is 1. The third-order valence-corrected chi connectivity index (χ3v) is 7.23. The highest BCUT2D eigenvalue weighted by molar-refractivity contribution is 7.92. The monoisotopic (exact) mass is 366 g/mol. The lowest BCUT2D eigenvalue weighted by Gasteiger charge is -2.43. The Hall–Kier alpha value is -1.44. The topological polar surface area (TPSA) is 75.7 Å². The summed E-state index contributed by atoms with van der Waals surface area (Å²) in [4.78, 5) is 15.0. The molecule has 1 N–H and O–H groups in total. The molecule has 2 aliphatic rings. The van der Waals surface area contributed by atoms with Crippen LogP contribution in [-0.4, -0.2) is 62.5 Å². The van der Waals surface area contributed by atoms with E-state index < -0.39 is 14.6 Å². The minimum atomic E-state index is -3.51. The number of morpholine rings is 1. The summed E-state index contributed by atoms with van der Waals surface area (Å²) in [5, 5.41) is 3.15.